The molecule has 1 aliphatic heterocycles. The van der Waals surface area contributed by atoms with E-state index in [1.807, 2.05) is 24.3 Å². The van der Waals surface area contributed by atoms with Crippen molar-refractivity contribution in [1.82, 2.24) is 5.01 Å². The lowest BCUT2D eigenvalue weighted by Gasteiger charge is -2.30. The molecule has 5 nitrogen and oxygen atoms in total. The third kappa shape index (κ3) is 8.70. The van der Waals surface area contributed by atoms with E-state index in [-0.39, 0.29) is 6.04 Å². The molecule has 0 saturated carbocycles. The molecule has 1 heterocycles. The lowest BCUT2D eigenvalue weighted by Crippen LogP contribution is -2.37. The van der Waals surface area contributed by atoms with Gasteiger partial charge in [0.05, 0.1) is 18.3 Å². The molecule has 1 aliphatic rings. The number of hydrogen-bond acceptors (Lipinski definition) is 5. The summed E-state index contributed by atoms with van der Waals surface area (Å²) in [6, 6.07) is 16.0. The summed E-state index contributed by atoms with van der Waals surface area (Å²) in [7, 11) is 0. The average Bonchev–Trinajstić information content (AvgIpc) is 2.86. The summed E-state index contributed by atoms with van der Waals surface area (Å²) in [5.41, 5.74) is 1.69. The molecule has 2 aromatic rings. The van der Waals surface area contributed by atoms with Gasteiger partial charge in [-0.05, 0) is 64.4 Å². The molecular formula is C28H33F3N2O3S. The van der Waals surface area contributed by atoms with Crippen LogP contribution in [-0.2, 0) is 11.3 Å². The van der Waals surface area contributed by atoms with E-state index < -0.39 is 23.3 Å². The molecule has 1 unspecified atom stereocenters. The second kappa shape index (κ2) is 12.9. The van der Waals surface area contributed by atoms with Crippen molar-refractivity contribution in [2.24, 2.45) is 5.10 Å². The monoisotopic (exact) mass is 534 g/mol. The van der Waals surface area contributed by atoms with Crippen LogP contribution in [-0.4, -0.2) is 45.4 Å². The third-order valence-electron chi connectivity index (χ3n) is 5.69. The predicted octanol–water partition coefficient (Wildman–Crippen LogP) is 7.33. The van der Waals surface area contributed by atoms with E-state index in [9.17, 15) is 23.1 Å². The Bertz CT molecular complexity index is 1140. The lowest BCUT2D eigenvalue weighted by atomic mass is 10.0. The number of nitrogens with zero attached hydrogens (tertiary/aromatic N) is 2. The van der Waals surface area contributed by atoms with Crippen LogP contribution in [0, 0.1) is 0 Å². The molecule has 0 aromatic heterocycles. The van der Waals surface area contributed by atoms with Gasteiger partial charge >= 0.3 is 12.1 Å². The summed E-state index contributed by atoms with van der Waals surface area (Å²) in [5, 5.41) is 16.1. The Morgan fingerprint density at radius 3 is 2.35 bits per heavy atom. The Morgan fingerprint density at radius 2 is 1.84 bits per heavy atom. The fourth-order valence-corrected chi connectivity index (χ4v) is 3.92. The van der Waals surface area contributed by atoms with Crippen LogP contribution in [0.5, 0.6) is 5.75 Å². The molecular weight excluding hydrogens is 501 g/mol. The number of carboxylic acids is 1. The minimum atomic E-state index is -4.13. The van der Waals surface area contributed by atoms with Crippen molar-refractivity contribution in [3.8, 4) is 5.75 Å². The summed E-state index contributed by atoms with van der Waals surface area (Å²) in [6.45, 7) is 12.2. The number of halogens is 3. The normalized spacial score (nSPS) is 14.5. The Balaban J connectivity index is 0.000000521. The van der Waals surface area contributed by atoms with E-state index in [1.165, 1.54) is 31.9 Å². The number of carbonyl (C=O) groups is 1. The van der Waals surface area contributed by atoms with Crippen molar-refractivity contribution in [1.29, 1.82) is 0 Å². The fourth-order valence-electron chi connectivity index (χ4n) is 3.08. The Kier molecular flexibility index (Phi) is 10.4. The molecule has 0 radical (unpaired) electrons. The van der Waals surface area contributed by atoms with Gasteiger partial charge in [-0.3, -0.25) is 5.01 Å². The largest absolute Gasteiger partial charge is 0.478 e. The molecule has 1 N–H and O–H groups in total. The maximum absolute atomic E-state index is 11.4. The van der Waals surface area contributed by atoms with Crippen LogP contribution in [0.15, 0.2) is 82.8 Å². The number of allylic oxidation sites excluding steroid dienone is 2. The SMILES string of the molecule is C/C=C(\C)C(F)(F)F.C=CC(C)N1Cc2ccccc2C(CSc2ccc(OC(C)(C)C(=O)O)cc2)=N1. The zero-order chi connectivity index (χ0) is 27.8. The van der Waals surface area contributed by atoms with Crippen LogP contribution in [0.3, 0.4) is 0 Å². The second-order valence-electron chi connectivity index (χ2n) is 8.92. The van der Waals surface area contributed by atoms with Gasteiger partial charge in [-0.1, -0.05) is 36.4 Å². The third-order valence-corrected chi connectivity index (χ3v) is 6.71. The number of hydrazone groups is 1. The van der Waals surface area contributed by atoms with Crippen LogP contribution in [0.1, 0.15) is 45.7 Å². The van der Waals surface area contributed by atoms with E-state index in [0.717, 1.165) is 35.9 Å². The molecule has 0 saturated heterocycles. The molecule has 2 aromatic carbocycles. The quantitative estimate of drug-likeness (QED) is 0.284. The smallest absolute Gasteiger partial charge is 0.412 e. The number of hydrogen-bond donors (Lipinski definition) is 1. The number of aliphatic carboxylic acids is 1. The highest BCUT2D eigenvalue weighted by Gasteiger charge is 2.29. The average molecular weight is 535 g/mol. The van der Waals surface area contributed by atoms with Crippen molar-refractivity contribution < 1.29 is 27.8 Å². The van der Waals surface area contributed by atoms with E-state index in [1.54, 1.807) is 23.9 Å². The van der Waals surface area contributed by atoms with Crippen molar-refractivity contribution >= 4 is 23.4 Å². The maximum atomic E-state index is 11.4. The highest BCUT2D eigenvalue weighted by atomic mass is 32.2. The molecule has 200 valence electrons. The van der Waals surface area contributed by atoms with Gasteiger partial charge in [0.1, 0.15) is 5.75 Å². The molecule has 37 heavy (non-hydrogen) atoms. The van der Waals surface area contributed by atoms with E-state index in [2.05, 4.69) is 36.7 Å². The molecule has 9 heteroatoms. The first-order chi connectivity index (χ1) is 17.3. The maximum Gasteiger partial charge on any atom is 0.412 e. The van der Waals surface area contributed by atoms with E-state index in [4.69, 9.17) is 9.84 Å². The van der Waals surface area contributed by atoms with Gasteiger partial charge in [-0.2, -0.15) is 18.3 Å². The fraction of sp³-hybridized carbons (Fsp3) is 0.357. The summed E-state index contributed by atoms with van der Waals surface area (Å²) < 4.78 is 39.7. The van der Waals surface area contributed by atoms with Crippen LogP contribution in [0.25, 0.3) is 0 Å². The number of alkyl halides is 3. The molecule has 0 fully saturated rings. The topological polar surface area (TPSA) is 62.1 Å². The zero-order valence-corrected chi connectivity index (χ0v) is 22.5. The first-order valence-corrected chi connectivity index (χ1v) is 12.7. The summed E-state index contributed by atoms with van der Waals surface area (Å²) >= 11 is 1.69. The lowest BCUT2D eigenvalue weighted by molar-refractivity contribution is -0.152. The van der Waals surface area contributed by atoms with Gasteiger partial charge in [0.15, 0.2) is 5.60 Å². The summed E-state index contributed by atoms with van der Waals surface area (Å²) in [4.78, 5) is 12.3. The zero-order valence-electron chi connectivity index (χ0n) is 21.7. The highest BCUT2D eigenvalue weighted by Crippen LogP contribution is 2.28. The minimum Gasteiger partial charge on any atom is -0.478 e. The van der Waals surface area contributed by atoms with Crippen molar-refractivity contribution in [2.75, 3.05) is 5.75 Å². The van der Waals surface area contributed by atoms with E-state index in [0.29, 0.717) is 5.75 Å². The highest BCUT2D eigenvalue weighted by molar-refractivity contribution is 8.00. The molecule has 0 spiro atoms. The predicted molar refractivity (Wildman–Crippen MR) is 143 cm³/mol. The molecule has 3 rings (SSSR count). The Hall–Kier alpha value is -3.20. The standard InChI is InChI=1S/C23H26N2O3S.C5H7F3/c1-5-16(2)25-14-17-8-6-7-9-20(17)21(24-25)15-29-19-12-10-18(11-13-19)28-23(3,4)22(26)27;1-3-4(2)5(6,7)8/h5-13,16H,1,14-15H2,2-4H3,(H,26,27);3H,1-2H3/b;4-3+. The number of fused-ring (bicyclic) bond motifs is 1. The van der Waals surface area contributed by atoms with Crippen LogP contribution < -0.4 is 4.74 Å². The first-order valence-electron chi connectivity index (χ1n) is 11.7. The number of thioether (sulfide) groups is 1. The van der Waals surface area contributed by atoms with Gasteiger partial charge in [0.25, 0.3) is 0 Å². The van der Waals surface area contributed by atoms with Gasteiger partial charge in [-0.15, -0.1) is 18.3 Å². The molecule has 1 atom stereocenters. The number of ether oxygens (including phenoxy) is 1. The van der Waals surface area contributed by atoms with Crippen molar-refractivity contribution in [3.05, 3.63) is 84.0 Å². The van der Waals surface area contributed by atoms with Crippen molar-refractivity contribution in [2.45, 2.75) is 63.9 Å². The number of carboxylic acid groups (broad SMARTS) is 1. The van der Waals surface area contributed by atoms with Crippen LogP contribution in [0.4, 0.5) is 13.2 Å². The van der Waals surface area contributed by atoms with Gasteiger partial charge in [0.2, 0.25) is 0 Å². The molecule has 0 bridgehead atoms. The number of benzene rings is 2. The molecule has 0 amide bonds. The Labute approximate surface area is 220 Å². The second-order valence-corrected chi connectivity index (χ2v) is 9.97. The summed E-state index contributed by atoms with van der Waals surface area (Å²) in [5.74, 6) is 0.273. The first kappa shape index (κ1) is 30.0. The van der Waals surface area contributed by atoms with Crippen molar-refractivity contribution in [3.63, 3.8) is 0 Å². The van der Waals surface area contributed by atoms with Gasteiger partial charge < -0.3 is 9.84 Å². The van der Waals surface area contributed by atoms with Crippen LogP contribution in [0.2, 0.25) is 0 Å². The minimum absolute atomic E-state index is 0.164. The number of rotatable bonds is 8. The Morgan fingerprint density at radius 1 is 1.22 bits per heavy atom. The van der Waals surface area contributed by atoms with Gasteiger partial charge in [-0.25, -0.2) is 4.79 Å². The molecule has 0 aliphatic carbocycles. The van der Waals surface area contributed by atoms with Crippen LogP contribution >= 0.6 is 11.8 Å². The van der Waals surface area contributed by atoms with E-state index >= 15 is 0 Å². The van der Waals surface area contributed by atoms with Gasteiger partial charge in [0, 0.05) is 21.8 Å². The summed E-state index contributed by atoms with van der Waals surface area (Å²) in [6.07, 6.45) is -1.19.